The Hall–Kier alpha value is -2.45. The maximum absolute atomic E-state index is 12.9. The number of fused-ring (bicyclic) bond motifs is 1. The number of aromatic nitrogens is 1. The largest absolute Gasteiger partial charge is 0.355 e. The number of hydrogen-bond acceptors (Lipinski definition) is 4. The average Bonchev–Trinajstić information content (AvgIpc) is 2.61. The van der Waals surface area contributed by atoms with Crippen LogP contribution in [0.2, 0.25) is 0 Å². The number of rotatable bonds is 3. The Morgan fingerprint density at radius 2 is 1.84 bits per heavy atom. The van der Waals surface area contributed by atoms with Crippen LogP contribution in [0.5, 0.6) is 0 Å². The molecule has 1 aromatic heterocycles. The van der Waals surface area contributed by atoms with Crippen LogP contribution in [-0.2, 0) is 30.0 Å². The molecule has 7 nitrogen and oxygen atoms in total. The van der Waals surface area contributed by atoms with Gasteiger partial charge >= 0.3 is 0 Å². The standard InChI is InChI=1S/C17H19N3O4S/c1-18-17(22)12-3-5-15(6-4-12)25(23,24)20-8-7-13-9-16(21)19(2)10-14(13)11-20/h3-6,9-10H,7-8,11H2,1-2H3,(H,18,22). The van der Waals surface area contributed by atoms with E-state index in [1.165, 1.54) is 40.2 Å². The highest BCUT2D eigenvalue weighted by Gasteiger charge is 2.28. The number of benzene rings is 1. The number of carbonyl (C=O) groups is 1. The number of pyridine rings is 1. The summed E-state index contributed by atoms with van der Waals surface area (Å²) in [7, 11) is -0.497. The highest BCUT2D eigenvalue weighted by molar-refractivity contribution is 7.89. The van der Waals surface area contributed by atoms with Gasteiger partial charge in [-0.15, -0.1) is 0 Å². The smallest absolute Gasteiger partial charge is 0.251 e. The molecule has 0 saturated carbocycles. The average molecular weight is 361 g/mol. The summed E-state index contributed by atoms with van der Waals surface area (Å²) < 4.78 is 28.6. The van der Waals surface area contributed by atoms with Gasteiger partial charge in [-0.2, -0.15) is 4.31 Å². The Kier molecular flexibility index (Phi) is 4.49. The van der Waals surface area contributed by atoms with Gasteiger partial charge in [0.2, 0.25) is 10.0 Å². The van der Waals surface area contributed by atoms with Gasteiger partial charge in [-0.3, -0.25) is 9.59 Å². The molecule has 0 radical (unpaired) electrons. The number of amides is 1. The molecule has 0 atom stereocenters. The molecule has 0 fully saturated rings. The molecular weight excluding hydrogens is 342 g/mol. The van der Waals surface area contributed by atoms with Gasteiger partial charge in [0.15, 0.2) is 0 Å². The van der Waals surface area contributed by atoms with Crippen LogP contribution in [0.1, 0.15) is 21.5 Å². The highest BCUT2D eigenvalue weighted by Crippen LogP contribution is 2.24. The fourth-order valence-corrected chi connectivity index (χ4v) is 4.31. The third-order valence-electron chi connectivity index (χ3n) is 4.37. The zero-order chi connectivity index (χ0) is 18.2. The lowest BCUT2D eigenvalue weighted by Crippen LogP contribution is -2.37. The quantitative estimate of drug-likeness (QED) is 0.862. The molecule has 2 aromatic rings. The van der Waals surface area contributed by atoms with Crippen LogP contribution < -0.4 is 10.9 Å². The van der Waals surface area contributed by atoms with E-state index in [0.717, 1.165) is 11.1 Å². The molecule has 1 N–H and O–H groups in total. The van der Waals surface area contributed by atoms with E-state index in [2.05, 4.69) is 5.32 Å². The second kappa shape index (κ2) is 6.45. The number of nitrogens with one attached hydrogen (secondary N) is 1. The van der Waals surface area contributed by atoms with Gasteiger partial charge in [-0.1, -0.05) is 0 Å². The monoisotopic (exact) mass is 361 g/mol. The normalized spacial score (nSPS) is 14.8. The van der Waals surface area contributed by atoms with Gasteiger partial charge in [-0.25, -0.2) is 8.42 Å². The van der Waals surface area contributed by atoms with Gasteiger partial charge < -0.3 is 9.88 Å². The minimum Gasteiger partial charge on any atom is -0.355 e. The summed E-state index contributed by atoms with van der Waals surface area (Å²) >= 11 is 0. The Labute approximate surface area is 145 Å². The lowest BCUT2D eigenvalue weighted by atomic mass is 10.0. The number of carbonyl (C=O) groups excluding carboxylic acids is 1. The predicted molar refractivity (Wildman–Crippen MR) is 92.8 cm³/mol. The first-order chi connectivity index (χ1) is 11.8. The van der Waals surface area contributed by atoms with Crippen LogP contribution in [0.4, 0.5) is 0 Å². The van der Waals surface area contributed by atoms with Crippen molar-refractivity contribution in [2.45, 2.75) is 17.9 Å². The summed E-state index contributed by atoms with van der Waals surface area (Å²) in [6.45, 7) is 0.544. The zero-order valence-corrected chi connectivity index (χ0v) is 14.8. The number of sulfonamides is 1. The van der Waals surface area contributed by atoms with Crippen molar-refractivity contribution in [3.63, 3.8) is 0 Å². The van der Waals surface area contributed by atoms with Crippen molar-refractivity contribution in [2.24, 2.45) is 7.05 Å². The molecule has 3 rings (SSSR count). The van der Waals surface area contributed by atoms with Crippen LogP contribution in [0.3, 0.4) is 0 Å². The van der Waals surface area contributed by atoms with E-state index >= 15 is 0 Å². The molecule has 25 heavy (non-hydrogen) atoms. The molecule has 0 spiro atoms. The van der Waals surface area contributed by atoms with E-state index in [0.29, 0.717) is 18.5 Å². The van der Waals surface area contributed by atoms with Crippen LogP contribution in [0, 0.1) is 0 Å². The lowest BCUT2D eigenvalue weighted by molar-refractivity contribution is 0.0963. The van der Waals surface area contributed by atoms with E-state index < -0.39 is 10.0 Å². The van der Waals surface area contributed by atoms with E-state index in [-0.39, 0.29) is 22.9 Å². The molecule has 8 heteroatoms. The number of nitrogens with zero attached hydrogens (tertiary/aromatic N) is 2. The molecule has 0 aliphatic carbocycles. The summed E-state index contributed by atoms with van der Waals surface area (Å²) in [4.78, 5) is 23.4. The third kappa shape index (κ3) is 3.22. The van der Waals surface area contributed by atoms with Crippen LogP contribution in [0.25, 0.3) is 0 Å². The van der Waals surface area contributed by atoms with E-state index in [9.17, 15) is 18.0 Å². The zero-order valence-electron chi connectivity index (χ0n) is 14.0. The van der Waals surface area contributed by atoms with E-state index in [1.807, 2.05) is 0 Å². The fourth-order valence-electron chi connectivity index (χ4n) is 2.89. The molecule has 1 aliphatic rings. The number of hydrogen-bond donors (Lipinski definition) is 1. The predicted octanol–water partition coefficient (Wildman–Crippen LogP) is 0.492. The first-order valence-corrected chi connectivity index (χ1v) is 9.27. The minimum absolute atomic E-state index is 0.0974. The van der Waals surface area contributed by atoms with Crippen LogP contribution in [-0.4, -0.2) is 36.8 Å². The van der Waals surface area contributed by atoms with Crippen LogP contribution >= 0.6 is 0 Å². The summed E-state index contributed by atoms with van der Waals surface area (Å²) in [6, 6.07) is 7.43. The molecule has 132 valence electrons. The second-order valence-corrected chi connectivity index (χ2v) is 7.90. The maximum atomic E-state index is 12.9. The number of aryl methyl sites for hydroxylation is 1. The molecular formula is C17H19N3O4S. The van der Waals surface area contributed by atoms with Gasteiger partial charge in [0, 0.05) is 45.0 Å². The Bertz CT molecular complexity index is 978. The summed E-state index contributed by atoms with van der Waals surface area (Å²) in [5.74, 6) is -0.267. The third-order valence-corrected chi connectivity index (χ3v) is 6.23. The molecule has 2 heterocycles. The molecule has 0 unspecified atom stereocenters. The molecule has 0 saturated heterocycles. The maximum Gasteiger partial charge on any atom is 0.251 e. The summed E-state index contributed by atoms with van der Waals surface area (Å²) in [6.07, 6.45) is 2.19. The van der Waals surface area contributed by atoms with E-state index in [4.69, 9.17) is 0 Å². The summed E-state index contributed by atoms with van der Waals surface area (Å²) in [5.41, 5.74) is 2.03. The second-order valence-electron chi connectivity index (χ2n) is 5.97. The van der Waals surface area contributed by atoms with Gasteiger partial charge in [0.1, 0.15) is 0 Å². The first kappa shape index (κ1) is 17.4. The topological polar surface area (TPSA) is 88.5 Å². The molecule has 1 aliphatic heterocycles. The van der Waals surface area contributed by atoms with Crippen molar-refractivity contribution in [1.29, 1.82) is 0 Å². The Morgan fingerprint density at radius 1 is 1.16 bits per heavy atom. The Morgan fingerprint density at radius 3 is 2.48 bits per heavy atom. The molecule has 1 aromatic carbocycles. The van der Waals surface area contributed by atoms with Gasteiger partial charge in [0.05, 0.1) is 4.90 Å². The van der Waals surface area contributed by atoms with Crippen molar-refractivity contribution in [2.75, 3.05) is 13.6 Å². The van der Waals surface area contributed by atoms with E-state index in [1.54, 1.807) is 19.3 Å². The van der Waals surface area contributed by atoms with Crippen molar-refractivity contribution in [3.05, 3.63) is 63.6 Å². The molecule has 0 bridgehead atoms. The van der Waals surface area contributed by atoms with Gasteiger partial charge in [0.25, 0.3) is 11.5 Å². The first-order valence-electron chi connectivity index (χ1n) is 7.83. The van der Waals surface area contributed by atoms with Crippen molar-refractivity contribution >= 4 is 15.9 Å². The Balaban J connectivity index is 1.89. The van der Waals surface area contributed by atoms with Crippen molar-refractivity contribution in [3.8, 4) is 0 Å². The van der Waals surface area contributed by atoms with Gasteiger partial charge in [-0.05, 0) is 41.8 Å². The van der Waals surface area contributed by atoms with Crippen molar-refractivity contribution < 1.29 is 13.2 Å². The molecule has 1 amide bonds. The SMILES string of the molecule is CNC(=O)c1ccc(S(=O)(=O)N2CCc3cc(=O)n(C)cc3C2)cc1. The fraction of sp³-hybridized carbons (Fsp3) is 0.294. The van der Waals surface area contributed by atoms with Crippen molar-refractivity contribution in [1.82, 2.24) is 14.2 Å². The van der Waals surface area contributed by atoms with Crippen LogP contribution in [0.15, 0.2) is 46.2 Å². The summed E-state index contributed by atoms with van der Waals surface area (Å²) in [5, 5.41) is 2.50. The highest BCUT2D eigenvalue weighted by atomic mass is 32.2. The minimum atomic E-state index is -3.66. The lowest BCUT2D eigenvalue weighted by Gasteiger charge is -2.28.